The summed E-state index contributed by atoms with van der Waals surface area (Å²) in [7, 11) is 0. The van der Waals surface area contributed by atoms with E-state index in [1.807, 2.05) is 10.8 Å². The number of pyridine rings is 1. The number of halogens is 1. The summed E-state index contributed by atoms with van der Waals surface area (Å²) >= 11 is 0. The second kappa shape index (κ2) is 7.02. The number of aromatic nitrogens is 3. The monoisotopic (exact) mass is 312 g/mol. The number of nitrogens with one attached hydrogen (secondary N) is 2. The number of imidazole rings is 1. The number of hydrogen-bond acceptors (Lipinski definition) is 3. The van der Waals surface area contributed by atoms with Crippen molar-refractivity contribution in [1.29, 1.82) is 0 Å². The predicted molar refractivity (Wildman–Crippen MR) is 85.3 cm³/mol. The van der Waals surface area contributed by atoms with Crippen LogP contribution in [0.3, 0.4) is 0 Å². The first kappa shape index (κ1) is 15.2. The zero-order valence-electron chi connectivity index (χ0n) is 12.5. The highest BCUT2D eigenvalue weighted by atomic mass is 19.1. The van der Waals surface area contributed by atoms with E-state index in [1.165, 1.54) is 18.2 Å². The normalized spacial score (nSPS) is 10.8. The molecule has 0 saturated carbocycles. The number of H-pyrrole nitrogens is 1. The molecule has 118 valence electrons. The fourth-order valence-electron chi connectivity index (χ4n) is 2.34. The lowest BCUT2D eigenvalue weighted by atomic mass is 10.2. The second-order valence-electron chi connectivity index (χ2n) is 5.25. The lowest BCUT2D eigenvalue weighted by Crippen LogP contribution is -2.18. The van der Waals surface area contributed by atoms with Gasteiger partial charge in [0.05, 0.1) is 6.54 Å². The first-order chi connectivity index (χ1) is 11.2. The van der Waals surface area contributed by atoms with Gasteiger partial charge in [0.15, 0.2) is 5.43 Å². The minimum atomic E-state index is -0.238. The first-order valence-corrected chi connectivity index (χ1v) is 7.33. The molecule has 0 radical (unpaired) electrons. The van der Waals surface area contributed by atoms with Crippen LogP contribution in [-0.2, 0) is 19.6 Å². The molecule has 3 rings (SSSR count). The molecule has 1 aromatic carbocycles. The van der Waals surface area contributed by atoms with E-state index in [1.54, 1.807) is 30.6 Å². The van der Waals surface area contributed by atoms with Crippen molar-refractivity contribution in [2.75, 3.05) is 0 Å². The van der Waals surface area contributed by atoms with E-state index in [9.17, 15) is 9.18 Å². The summed E-state index contributed by atoms with van der Waals surface area (Å²) < 4.78 is 15.0. The average molecular weight is 312 g/mol. The lowest BCUT2D eigenvalue weighted by Gasteiger charge is -2.09. The second-order valence-corrected chi connectivity index (χ2v) is 5.25. The van der Waals surface area contributed by atoms with Crippen LogP contribution < -0.4 is 10.7 Å². The summed E-state index contributed by atoms with van der Waals surface area (Å²) in [6, 6.07) is 9.49. The fraction of sp³-hybridized carbons (Fsp3) is 0.176. The van der Waals surface area contributed by atoms with E-state index in [0.29, 0.717) is 19.6 Å². The third kappa shape index (κ3) is 4.14. The van der Waals surface area contributed by atoms with Crippen molar-refractivity contribution < 1.29 is 4.39 Å². The minimum Gasteiger partial charge on any atom is -0.364 e. The molecule has 0 aliphatic carbocycles. The Morgan fingerprint density at radius 3 is 2.78 bits per heavy atom. The summed E-state index contributed by atoms with van der Waals surface area (Å²) in [6.07, 6.45) is 5.27. The van der Waals surface area contributed by atoms with Gasteiger partial charge in [-0.15, -0.1) is 0 Å². The van der Waals surface area contributed by atoms with Gasteiger partial charge < -0.3 is 14.9 Å². The van der Waals surface area contributed by atoms with Gasteiger partial charge in [0.1, 0.15) is 11.6 Å². The maximum Gasteiger partial charge on any atom is 0.181 e. The van der Waals surface area contributed by atoms with Crippen molar-refractivity contribution in [3.05, 3.63) is 88.1 Å². The van der Waals surface area contributed by atoms with Crippen molar-refractivity contribution in [1.82, 2.24) is 19.9 Å². The molecular weight excluding hydrogens is 295 g/mol. The molecule has 0 saturated heterocycles. The van der Waals surface area contributed by atoms with E-state index in [-0.39, 0.29) is 11.2 Å². The van der Waals surface area contributed by atoms with Gasteiger partial charge in [-0.2, -0.15) is 0 Å². The lowest BCUT2D eigenvalue weighted by molar-refractivity contribution is 0.611. The predicted octanol–water partition coefficient (Wildman–Crippen LogP) is 2.05. The summed E-state index contributed by atoms with van der Waals surface area (Å²) in [6.45, 7) is 1.77. The van der Waals surface area contributed by atoms with E-state index in [4.69, 9.17) is 0 Å². The van der Waals surface area contributed by atoms with Gasteiger partial charge in [-0.25, -0.2) is 9.37 Å². The van der Waals surface area contributed by atoms with Crippen LogP contribution in [0.4, 0.5) is 4.39 Å². The minimum absolute atomic E-state index is 0.0154. The van der Waals surface area contributed by atoms with Gasteiger partial charge in [0, 0.05) is 49.5 Å². The van der Waals surface area contributed by atoms with Gasteiger partial charge in [0.25, 0.3) is 0 Å². The largest absolute Gasteiger partial charge is 0.364 e. The molecule has 0 aliphatic heterocycles. The Kier molecular flexibility index (Phi) is 4.63. The molecule has 3 aromatic rings. The molecule has 0 unspecified atom stereocenters. The first-order valence-electron chi connectivity index (χ1n) is 7.33. The Bertz CT molecular complexity index is 823. The quantitative estimate of drug-likeness (QED) is 0.732. The Hall–Kier alpha value is -2.73. The summed E-state index contributed by atoms with van der Waals surface area (Å²) in [5.74, 6) is 0.644. The third-order valence-corrected chi connectivity index (χ3v) is 3.50. The van der Waals surface area contributed by atoms with Gasteiger partial charge in [-0.3, -0.25) is 4.79 Å². The molecule has 0 bridgehead atoms. The molecule has 0 aliphatic rings. The maximum absolute atomic E-state index is 12.9. The molecule has 0 atom stereocenters. The van der Waals surface area contributed by atoms with Gasteiger partial charge in [-0.1, -0.05) is 12.1 Å². The number of hydrogen-bond donors (Lipinski definition) is 2. The zero-order chi connectivity index (χ0) is 16.1. The van der Waals surface area contributed by atoms with Crippen LogP contribution in [0.1, 0.15) is 17.1 Å². The van der Waals surface area contributed by atoms with Gasteiger partial charge in [-0.05, 0) is 17.7 Å². The summed E-state index contributed by atoms with van der Waals surface area (Å²) in [5.41, 5.74) is 1.82. The van der Waals surface area contributed by atoms with E-state index in [2.05, 4.69) is 15.3 Å². The zero-order valence-corrected chi connectivity index (χ0v) is 12.5. The van der Waals surface area contributed by atoms with Crippen LogP contribution in [0, 0.1) is 5.82 Å². The third-order valence-electron chi connectivity index (χ3n) is 3.50. The highest BCUT2D eigenvalue weighted by molar-refractivity contribution is 5.17. The van der Waals surface area contributed by atoms with E-state index in [0.717, 1.165) is 17.1 Å². The number of nitrogens with zero attached hydrogens (tertiary/aromatic N) is 2. The van der Waals surface area contributed by atoms with Crippen molar-refractivity contribution >= 4 is 0 Å². The Balaban J connectivity index is 1.60. The maximum atomic E-state index is 12.9. The topological polar surface area (TPSA) is 62.7 Å². The molecule has 0 amide bonds. The molecule has 0 fully saturated rings. The van der Waals surface area contributed by atoms with Crippen LogP contribution in [0.2, 0.25) is 0 Å². The molecule has 6 heteroatoms. The standard InChI is InChI=1S/C17H17FN4O/c18-14-3-1-13(2-4-14)12-22-8-7-21-17(22)11-19-10-15-9-16(23)5-6-20-15/h1-9,19H,10-12H2,(H,20,23). The Morgan fingerprint density at radius 2 is 2.00 bits per heavy atom. The van der Waals surface area contributed by atoms with Crippen LogP contribution in [0.15, 0.2) is 59.8 Å². The molecule has 2 N–H and O–H groups in total. The number of benzene rings is 1. The molecule has 0 spiro atoms. The van der Waals surface area contributed by atoms with Crippen molar-refractivity contribution in [3.63, 3.8) is 0 Å². The van der Waals surface area contributed by atoms with E-state index >= 15 is 0 Å². The van der Waals surface area contributed by atoms with Crippen LogP contribution in [0.5, 0.6) is 0 Å². The summed E-state index contributed by atoms with van der Waals surface area (Å²) in [4.78, 5) is 18.6. The smallest absolute Gasteiger partial charge is 0.181 e. The number of aromatic amines is 1. The Morgan fingerprint density at radius 1 is 1.17 bits per heavy atom. The fourth-order valence-corrected chi connectivity index (χ4v) is 2.34. The van der Waals surface area contributed by atoms with Crippen molar-refractivity contribution in [2.24, 2.45) is 0 Å². The highest BCUT2D eigenvalue weighted by Gasteiger charge is 2.04. The summed E-state index contributed by atoms with van der Waals surface area (Å²) in [5, 5.41) is 3.25. The highest BCUT2D eigenvalue weighted by Crippen LogP contribution is 2.07. The van der Waals surface area contributed by atoms with Gasteiger partial charge >= 0.3 is 0 Å². The van der Waals surface area contributed by atoms with Crippen LogP contribution in [-0.4, -0.2) is 14.5 Å². The van der Waals surface area contributed by atoms with Crippen LogP contribution >= 0.6 is 0 Å². The number of rotatable bonds is 6. The molecule has 5 nitrogen and oxygen atoms in total. The Labute approximate surface area is 132 Å². The SMILES string of the molecule is O=c1cc[nH]c(CNCc2nccn2Cc2ccc(F)cc2)c1. The van der Waals surface area contributed by atoms with E-state index < -0.39 is 0 Å². The molecular formula is C17H17FN4O. The molecule has 23 heavy (non-hydrogen) atoms. The average Bonchev–Trinajstić information content (AvgIpc) is 2.97. The van der Waals surface area contributed by atoms with Crippen molar-refractivity contribution in [2.45, 2.75) is 19.6 Å². The van der Waals surface area contributed by atoms with Crippen LogP contribution in [0.25, 0.3) is 0 Å². The molecule has 2 heterocycles. The van der Waals surface area contributed by atoms with Gasteiger partial charge in [0.2, 0.25) is 0 Å². The molecule has 2 aromatic heterocycles. The van der Waals surface area contributed by atoms with Crippen molar-refractivity contribution in [3.8, 4) is 0 Å².